The number of hydrogen-bond donors (Lipinski definition) is 1. The Morgan fingerprint density at radius 3 is 1.90 bits per heavy atom. The number of aliphatic hydroxyl groups excluding tert-OH is 1. The molecule has 0 aromatic heterocycles. The third-order valence-corrected chi connectivity index (χ3v) is 6.73. The fourth-order valence-corrected chi connectivity index (χ4v) is 4.36. The van der Waals surface area contributed by atoms with Crippen molar-refractivity contribution in [1.29, 1.82) is 0 Å². The second-order valence-electron chi connectivity index (χ2n) is 9.66. The molecule has 7 heteroatoms. The van der Waals surface area contributed by atoms with Gasteiger partial charge in [0, 0.05) is 13.1 Å². The van der Waals surface area contributed by atoms with Crippen LogP contribution in [0.1, 0.15) is 30.5 Å². The summed E-state index contributed by atoms with van der Waals surface area (Å²) in [6, 6.07) is 29.3. The zero-order valence-electron chi connectivity index (χ0n) is 23.2. The SMILES string of the molecule is CCN(CC)C(=O)[C@@H]1O[C@H]1/C(=C/[C@H](OCc1ccccc1)[C@H](O)COCc1ccccc1)OCc1ccccc1. The van der Waals surface area contributed by atoms with Gasteiger partial charge in [-0.15, -0.1) is 0 Å². The van der Waals surface area contributed by atoms with Crippen LogP contribution in [-0.4, -0.2) is 60.0 Å². The number of nitrogens with zero attached hydrogens (tertiary/aromatic N) is 1. The molecular weight excluding hydrogens is 506 g/mol. The number of carbonyl (C=O) groups excluding carboxylic acids is 1. The molecule has 1 amide bonds. The smallest absolute Gasteiger partial charge is 0.254 e. The van der Waals surface area contributed by atoms with Gasteiger partial charge in [0.1, 0.15) is 24.6 Å². The van der Waals surface area contributed by atoms with Crippen molar-refractivity contribution in [3.63, 3.8) is 0 Å². The summed E-state index contributed by atoms with van der Waals surface area (Å²) >= 11 is 0. The van der Waals surface area contributed by atoms with E-state index in [4.69, 9.17) is 18.9 Å². The van der Waals surface area contributed by atoms with Gasteiger partial charge in [-0.3, -0.25) is 4.79 Å². The number of ether oxygens (including phenoxy) is 4. The van der Waals surface area contributed by atoms with Crippen molar-refractivity contribution in [3.05, 3.63) is 120 Å². The third-order valence-electron chi connectivity index (χ3n) is 6.73. The first-order valence-corrected chi connectivity index (χ1v) is 13.9. The molecule has 3 aromatic rings. The van der Waals surface area contributed by atoms with Gasteiger partial charge in [0.2, 0.25) is 0 Å². The summed E-state index contributed by atoms with van der Waals surface area (Å²) in [7, 11) is 0. The number of hydrogen-bond acceptors (Lipinski definition) is 6. The van der Waals surface area contributed by atoms with Gasteiger partial charge >= 0.3 is 0 Å². The van der Waals surface area contributed by atoms with Crippen molar-refractivity contribution >= 4 is 5.91 Å². The molecule has 0 unspecified atom stereocenters. The first-order chi connectivity index (χ1) is 19.6. The highest BCUT2D eigenvalue weighted by Gasteiger charge is 2.50. The Kier molecular flexibility index (Phi) is 11.3. The van der Waals surface area contributed by atoms with Crippen LogP contribution in [0.15, 0.2) is 103 Å². The van der Waals surface area contributed by atoms with Crippen molar-refractivity contribution in [2.75, 3.05) is 19.7 Å². The quantitative estimate of drug-likeness (QED) is 0.204. The van der Waals surface area contributed by atoms with Crippen LogP contribution in [0.2, 0.25) is 0 Å². The highest BCUT2D eigenvalue weighted by molar-refractivity contribution is 5.84. The summed E-state index contributed by atoms with van der Waals surface area (Å²) in [5.41, 5.74) is 2.97. The topological polar surface area (TPSA) is 80.8 Å². The van der Waals surface area contributed by atoms with Crippen LogP contribution < -0.4 is 0 Å². The normalized spacial score (nSPS) is 18.1. The lowest BCUT2D eigenvalue weighted by Crippen LogP contribution is -2.35. The van der Waals surface area contributed by atoms with E-state index in [0.717, 1.165) is 16.7 Å². The molecule has 1 saturated heterocycles. The number of carbonyl (C=O) groups is 1. The Labute approximate surface area is 236 Å². The predicted molar refractivity (Wildman–Crippen MR) is 153 cm³/mol. The van der Waals surface area contributed by atoms with Gasteiger partial charge in [-0.1, -0.05) is 91.0 Å². The number of rotatable bonds is 16. The minimum atomic E-state index is -0.974. The van der Waals surface area contributed by atoms with Gasteiger partial charge in [-0.2, -0.15) is 0 Å². The highest BCUT2D eigenvalue weighted by Crippen LogP contribution is 2.33. The van der Waals surface area contributed by atoms with Gasteiger partial charge in [0.15, 0.2) is 12.2 Å². The second kappa shape index (κ2) is 15.3. The minimum Gasteiger partial charge on any atom is -0.491 e. The maximum atomic E-state index is 13.0. The Morgan fingerprint density at radius 1 is 0.825 bits per heavy atom. The van der Waals surface area contributed by atoms with E-state index in [0.29, 0.717) is 32.1 Å². The average molecular weight is 546 g/mol. The molecule has 1 fully saturated rings. The van der Waals surface area contributed by atoms with Crippen LogP contribution in [0.3, 0.4) is 0 Å². The average Bonchev–Trinajstić information content (AvgIpc) is 3.80. The number of aliphatic hydroxyl groups is 1. The van der Waals surface area contributed by atoms with Gasteiger partial charge < -0.3 is 29.0 Å². The van der Waals surface area contributed by atoms with Gasteiger partial charge in [0.05, 0.1) is 19.8 Å². The number of amides is 1. The molecule has 212 valence electrons. The molecule has 0 spiro atoms. The van der Waals surface area contributed by atoms with Crippen LogP contribution >= 0.6 is 0 Å². The molecule has 1 heterocycles. The van der Waals surface area contributed by atoms with E-state index in [2.05, 4.69) is 0 Å². The van der Waals surface area contributed by atoms with E-state index >= 15 is 0 Å². The molecule has 1 N–H and O–H groups in total. The van der Waals surface area contributed by atoms with E-state index < -0.39 is 24.4 Å². The van der Waals surface area contributed by atoms with E-state index in [-0.39, 0.29) is 19.1 Å². The summed E-state index contributed by atoms with van der Waals surface area (Å²) < 4.78 is 24.1. The van der Waals surface area contributed by atoms with Crippen LogP contribution in [0.5, 0.6) is 0 Å². The zero-order valence-corrected chi connectivity index (χ0v) is 23.2. The minimum absolute atomic E-state index is 0.0597. The van der Waals surface area contributed by atoms with Crippen LogP contribution in [0.25, 0.3) is 0 Å². The summed E-state index contributed by atoms with van der Waals surface area (Å²) in [5, 5.41) is 11.2. The Bertz CT molecular complexity index is 1180. The number of likely N-dealkylation sites (N-methyl/N-ethyl adjacent to an activating group) is 1. The van der Waals surface area contributed by atoms with Crippen LogP contribution in [0.4, 0.5) is 0 Å². The maximum absolute atomic E-state index is 13.0. The molecular formula is C33H39NO6. The largest absolute Gasteiger partial charge is 0.491 e. The molecule has 0 radical (unpaired) electrons. The Hall–Kier alpha value is -3.49. The lowest BCUT2D eigenvalue weighted by atomic mass is 10.1. The zero-order chi connectivity index (χ0) is 28.2. The van der Waals surface area contributed by atoms with Gasteiger partial charge in [-0.25, -0.2) is 0 Å². The monoisotopic (exact) mass is 545 g/mol. The summed E-state index contributed by atoms with van der Waals surface area (Å²) in [6.45, 7) is 6.11. The maximum Gasteiger partial charge on any atom is 0.254 e. The summed E-state index contributed by atoms with van der Waals surface area (Å²) in [5.74, 6) is 0.396. The number of epoxide rings is 1. The fraction of sp³-hybridized carbons (Fsp3) is 0.364. The van der Waals surface area contributed by atoms with Gasteiger partial charge in [0.25, 0.3) is 5.91 Å². The predicted octanol–water partition coefficient (Wildman–Crippen LogP) is 4.89. The van der Waals surface area contributed by atoms with E-state index in [1.807, 2.05) is 105 Å². The molecule has 0 bridgehead atoms. The Balaban J connectivity index is 1.52. The van der Waals surface area contributed by atoms with E-state index in [1.54, 1.807) is 11.0 Å². The highest BCUT2D eigenvalue weighted by atomic mass is 16.6. The second-order valence-corrected chi connectivity index (χ2v) is 9.66. The third kappa shape index (κ3) is 8.76. The van der Waals surface area contributed by atoms with Crippen molar-refractivity contribution in [2.45, 2.75) is 58.1 Å². The standard InChI is InChI=1S/C33H39NO6/c1-3-34(4-2)33(36)32-31(40-32)30(39-23-27-18-12-7-13-19-27)20-29(38-22-26-16-10-6-11-17-26)28(35)24-37-21-25-14-8-5-9-15-25/h5-20,28-29,31-32,35H,3-4,21-24H2,1-2H3/b30-20-/t28-,29+,31+,32-/m1/s1. The molecule has 4 rings (SSSR count). The van der Waals surface area contributed by atoms with Gasteiger partial charge in [-0.05, 0) is 36.6 Å². The van der Waals surface area contributed by atoms with Crippen LogP contribution in [-0.2, 0) is 43.6 Å². The van der Waals surface area contributed by atoms with Crippen LogP contribution in [0, 0.1) is 0 Å². The molecule has 0 aliphatic carbocycles. The molecule has 4 atom stereocenters. The van der Waals surface area contributed by atoms with E-state index in [9.17, 15) is 9.90 Å². The summed E-state index contributed by atoms with van der Waals surface area (Å²) in [6.07, 6.45) is -1.16. The van der Waals surface area contributed by atoms with E-state index in [1.165, 1.54) is 0 Å². The van der Waals surface area contributed by atoms with Crippen molar-refractivity contribution in [1.82, 2.24) is 4.90 Å². The molecule has 3 aromatic carbocycles. The molecule has 1 aliphatic heterocycles. The van der Waals surface area contributed by atoms with Crippen molar-refractivity contribution < 1.29 is 28.8 Å². The molecule has 40 heavy (non-hydrogen) atoms. The molecule has 7 nitrogen and oxygen atoms in total. The number of benzene rings is 3. The van der Waals surface area contributed by atoms with Crippen molar-refractivity contribution in [3.8, 4) is 0 Å². The fourth-order valence-electron chi connectivity index (χ4n) is 4.36. The first kappa shape index (κ1) is 29.5. The lowest BCUT2D eigenvalue weighted by Gasteiger charge is -2.22. The Morgan fingerprint density at radius 2 is 1.35 bits per heavy atom. The first-order valence-electron chi connectivity index (χ1n) is 13.9. The lowest BCUT2D eigenvalue weighted by molar-refractivity contribution is -0.132. The molecule has 1 aliphatic rings. The summed E-state index contributed by atoms with van der Waals surface area (Å²) in [4.78, 5) is 14.7. The van der Waals surface area contributed by atoms with Crippen molar-refractivity contribution in [2.24, 2.45) is 0 Å². The molecule has 0 saturated carbocycles.